The molecule has 0 aromatic carbocycles. The molecule has 0 bridgehead atoms. The first-order valence-corrected chi connectivity index (χ1v) is 14.5. The molecule has 5 heteroatoms. The first-order valence-electron chi connectivity index (χ1n) is 14.5. The van der Waals surface area contributed by atoms with Gasteiger partial charge in [-0.15, -0.1) is 0 Å². The number of rotatable bonds is 23. The maximum atomic E-state index is 11.8. The van der Waals surface area contributed by atoms with Crippen molar-refractivity contribution in [2.45, 2.75) is 143 Å². The number of hydrogen-bond acceptors (Lipinski definition) is 4. The zero-order valence-electron chi connectivity index (χ0n) is 23.5. The molecule has 0 spiro atoms. The molecule has 0 aromatic rings. The van der Waals surface area contributed by atoms with E-state index in [2.05, 4.69) is 50.2 Å². The number of allylic oxidation sites excluding steroid dienone is 1. The fraction of sp³-hybridized carbons (Fsp3) is 0.900. The highest BCUT2D eigenvalue weighted by molar-refractivity contribution is 5.75. The smallest absolute Gasteiger partial charge is 0.220 e. The number of hydrogen-bond donors (Lipinski definition) is 3. The molecule has 212 valence electrons. The number of aliphatic hydroxyl groups is 1. The molecule has 1 amide bonds. The van der Waals surface area contributed by atoms with Crippen molar-refractivity contribution in [3.05, 3.63) is 12.2 Å². The van der Waals surface area contributed by atoms with Crippen LogP contribution < -0.4 is 11.1 Å². The summed E-state index contributed by atoms with van der Waals surface area (Å²) in [5.74, 6) is 0.174. The molecule has 0 aromatic heterocycles. The number of carbonyl (C=O) groups excluding carboxylic acids is 1. The Morgan fingerprint density at radius 3 is 2.11 bits per heavy atom. The molecule has 0 saturated carbocycles. The predicted octanol–water partition coefficient (Wildman–Crippen LogP) is 7.22. The van der Waals surface area contributed by atoms with Gasteiger partial charge in [0.2, 0.25) is 5.91 Å². The molecule has 0 fully saturated rings. The summed E-state index contributed by atoms with van der Waals surface area (Å²) < 4.78 is 0. The average Bonchev–Trinajstić information content (AvgIpc) is 2.82. The van der Waals surface area contributed by atoms with Crippen molar-refractivity contribution in [3.63, 3.8) is 0 Å². The molecule has 35 heavy (non-hydrogen) atoms. The first kappa shape index (κ1) is 38.6. The Balaban J connectivity index is -0.00000154. The highest BCUT2D eigenvalue weighted by atomic mass is 16.3. The lowest BCUT2D eigenvalue weighted by molar-refractivity contribution is -0.121. The molecule has 0 rings (SSSR count). The van der Waals surface area contributed by atoms with E-state index in [1.807, 2.05) is 0 Å². The number of aliphatic hydroxyl groups excluding tert-OH is 1. The Bertz CT molecular complexity index is 428. The third-order valence-corrected chi connectivity index (χ3v) is 6.01. The largest absolute Gasteiger partial charge is 0.393 e. The van der Waals surface area contributed by atoms with Crippen LogP contribution in [-0.2, 0) is 4.79 Å². The second-order valence-electron chi connectivity index (χ2n) is 9.67. The van der Waals surface area contributed by atoms with Gasteiger partial charge in [-0.05, 0) is 58.7 Å². The van der Waals surface area contributed by atoms with Gasteiger partial charge >= 0.3 is 0 Å². The topological polar surface area (TPSA) is 78.6 Å². The van der Waals surface area contributed by atoms with Crippen LogP contribution in [0.5, 0.6) is 0 Å². The summed E-state index contributed by atoms with van der Waals surface area (Å²) in [4.78, 5) is 14.0. The minimum Gasteiger partial charge on any atom is -0.393 e. The molecule has 0 aliphatic heterocycles. The van der Waals surface area contributed by atoms with Gasteiger partial charge < -0.3 is 21.1 Å². The van der Waals surface area contributed by atoms with E-state index in [1.165, 1.54) is 57.8 Å². The van der Waals surface area contributed by atoms with E-state index < -0.39 is 0 Å². The monoisotopic (exact) mass is 500 g/mol. The Morgan fingerprint density at radius 2 is 1.49 bits per heavy atom. The van der Waals surface area contributed by atoms with Gasteiger partial charge in [-0.1, -0.05) is 105 Å². The van der Waals surface area contributed by atoms with Gasteiger partial charge in [0.25, 0.3) is 0 Å². The summed E-state index contributed by atoms with van der Waals surface area (Å²) in [5, 5.41) is 12.9. The van der Waals surface area contributed by atoms with E-state index in [1.54, 1.807) is 0 Å². The van der Waals surface area contributed by atoms with Gasteiger partial charge in [-0.3, -0.25) is 4.79 Å². The zero-order chi connectivity index (χ0) is 25.7. The standard InChI is InChI=1S/C24H49N3O2.C5H12.CH4/c1-3-4-5-12-16-23(28)17-13-10-8-6-7-9-11-14-18-24(29)26-20-22-27(2)21-15-19-25;1-3-5-4-2;/h10,13,23,28H,3-9,11-12,14-22,25H2,1-2H3,(H,26,29);3-5H2,1-2H3;1H4/b13-10-;;. The number of carbonyl (C=O) groups is 1. The van der Waals surface area contributed by atoms with Crippen molar-refractivity contribution < 1.29 is 9.90 Å². The number of unbranched alkanes of at least 4 members (excludes halogenated alkanes) is 10. The van der Waals surface area contributed by atoms with Crippen LogP contribution in [0.2, 0.25) is 0 Å². The molecule has 1 unspecified atom stereocenters. The molecule has 4 N–H and O–H groups in total. The molecule has 0 saturated heterocycles. The Kier molecular flexibility index (Phi) is 36.5. The molecule has 0 aliphatic carbocycles. The van der Waals surface area contributed by atoms with Crippen molar-refractivity contribution in [2.75, 3.05) is 33.2 Å². The maximum absolute atomic E-state index is 11.8. The number of nitrogens with one attached hydrogen (secondary N) is 1. The lowest BCUT2D eigenvalue weighted by atomic mass is 10.1. The molecular weight excluding hydrogens is 434 g/mol. The predicted molar refractivity (Wildman–Crippen MR) is 157 cm³/mol. The first-order chi connectivity index (χ1) is 16.5. The van der Waals surface area contributed by atoms with E-state index >= 15 is 0 Å². The highest BCUT2D eigenvalue weighted by Crippen LogP contribution is 2.10. The Labute approximate surface area is 220 Å². The quantitative estimate of drug-likeness (QED) is 0.102. The van der Waals surface area contributed by atoms with Crippen molar-refractivity contribution in [3.8, 4) is 0 Å². The number of amides is 1. The molecular formula is C30H65N3O2. The Hall–Kier alpha value is -0.910. The van der Waals surface area contributed by atoms with Crippen LogP contribution in [0.25, 0.3) is 0 Å². The normalized spacial score (nSPS) is 11.7. The molecule has 0 aliphatic rings. The zero-order valence-corrected chi connectivity index (χ0v) is 23.5. The molecule has 1 atom stereocenters. The van der Waals surface area contributed by atoms with Crippen LogP contribution in [0.1, 0.15) is 137 Å². The van der Waals surface area contributed by atoms with Crippen LogP contribution in [0.3, 0.4) is 0 Å². The van der Waals surface area contributed by atoms with Gasteiger partial charge in [0.1, 0.15) is 0 Å². The SMILES string of the molecule is C.CCCCC.CCCCCCC(O)C/C=C\CCCCCCCC(=O)NCCN(C)CCCN. The number of nitrogens with zero attached hydrogens (tertiary/aromatic N) is 1. The van der Waals surface area contributed by atoms with Crippen molar-refractivity contribution in [1.29, 1.82) is 0 Å². The second kappa shape index (κ2) is 33.1. The minimum atomic E-state index is -0.166. The molecule has 5 nitrogen and oxygen atoms in total. The van der Waals surface area contributed by atoms with Crippen LogP contribution in [0, 0.1) is 0 Å². The molecule has 0 heterocycles. The van der Waals surface area contributed by atoms with Crippen LogP contribution >= 0.6 is 0 Å². The van der Waals surface area contributed by atoms with E-state index in [-0.39, 0.29) is 19.4 Å². The van der Waals surface area contributed by atoms with Gasteiger partial charge in [-0.25, -0.2) is 0 Å². The lowest BCUT2D eigenvalue weighted by Gasteiger charge is -2.16. The number of nitrogens with two attached hydrogens (primary N) is 1. The van der Waals surface area contributed by atoms with Gasteiger partial charge in [0.05, 0.1) is 6.10 Å². The van der Waals surface area contributed by atoms with Gasteiger partial charge in [0.15, 0.2) is 0 Å². The lowest BCUT2D eigenvalue weighted by Crippen LogP contribution is -2.33. The van der Waals surface area contributed by atoms with E-state index in [9.17, 15) is 9.90 Å². The fourth-order valence-corrected chi connectivity index (χ4v) is 3.67. The van der Waals surface area contributed by atoms with Gasteiger partial charge in [-0.2, -0.15) is 0 Å². The summed E-state index contributed by atoms with van der Waals surface area (Å²) >= 11 is 0. The number of likely N-dealkylation sites (N-methyl/N-ethyl adjacent to an activating group) is 1. The average molecular weight is 500 g/mol. The maximum Gasteiger partial charge on any atom is 0.220 e. The minimum absolute atomic E-state index is 0. The van der Waals surface area contributed by atoms with E-state index in [0.29, 0.717) is 6.42 Å². The van der Waals surface area contributed by atoms with Crippen molar-refractivity contribution >= 4 is 5.91 Å². The molecule has 0 radical (unpaired) electrons. The van der Waals surface area contributed by atoms with Crippen LogP contribution in [0.15, 0.2) is 12.2 Å². The third kappa shape index (κ3) is 35.3. The highest BCUT2D eigenvalue weighted by Gasteiger charge is 2.03. The summed E-state index contributed by atoms with van der Waals surface area (Å²) in [6.45, 7) is 9.95. The second-order valence-corrected chi connectivity index (χ2v) is 9.67. The van der Waals surface area contributed by atoms with E-state index in [4.69, 9.17) is 5.73 Å². The van der Waals surface area contributed by atoms with Crippen LogP contribution in [0.4, 0.5) is 0 Å². The summed E-state index contributed by atoms with van der Waals surface area (Å²) in [5.41, 5.74) is 5.50. The third-order valence-electron chi connectivity index (χ3n) is 6.01. The van der Waals surface area contributed by atoms with Crippen molar-refractivity contribution in [1.82, 2.24) is 10.2 Å². The van der Waals surface area contributed by atoms with Crippen LogP contribution in [-0.4, -0.2) is 55.2 Å². The van der Waals surface area contributed by atoms with Gasteiger partial charge in [0, 0.05) is 19.5 Å². The summed E-state index contributed by atoms with van der Waals surface area (Å²) in [6.07, 6.45) is 23.4. The summed E-state index contributed by atoms with van der Waals surface area (Å²) in [6, 6.07) is 0. The summed E-state index contributed by atoms with van der Waals surface area (Å²) in [7, 11) is 2.06. The van der Waals surface area contributed by atoms with Crippen molar-refractivity contribution in [2.24, 2.45) is 5.73 Å². The fourth-order valence-electron chi connectivity index (χ4n) is 3.67. The van der Waals surface area contributed by atoms with E-state index in [0.717, 1.165) is 71.1 Å². The Morgan fingerprint density at radius 1 is 0.857 bits per heavy atom.